The Balaban J connectivity index is 2.67. The van der Waals surface area contributed by atoms with E-state index in [4.69, 9.17) is 22.4 Å². The predicted molar refractivity (Wildman–Crippen MR) is 77.5 cm³/mol. The van der Waals surface area contributed by atoms with Crippen molar-refractivity contribution in [1.82, 2.24) is 4.90 Å². The molecule has 6 heteroatoms. The fourth-order valence-electron chi connectivity index (χ4n) is 1.82. The number of carbonyl (C=O) groups is 2. The van der Waals surface area contributed by atoms with Gasteiger partial charge < -0.3 is 15.7 Å². The van der Waals surface area contributed by atoms with Gasteiger partial charge in [-0.2, -0.15) is 0 Å². The van der Waals surface area contributed by atoms with Crippen molar-refractivity contribution in [2.75, 3.05) is 7.05 Å². The third kappa shape index (κ3) is 4.51. The summed E-state index contributed by atoms with van der Waals surface area (Å²) in [6, 6.07) is 6.26. The van der Waals surface area contributed by atoms with E-state index in [9.17, 15) is 9.59 Å². The summed E-state index contributed by atoms with van der Waals surface area (Å²) >= 11 is 5.82. The number of likely N-dealkylation sites (N-methyl/N-ethyl adjacent to an activating group) is 1. The van der Waals surface area contributed by atoms with Crippen LogP contribution in [0.5, 0.6) is 0 Å². The molecule has 110 valence electrons. The average Bonchev–Trinajstić information content (AvgIpc) is 2.43. The van der Waals surface area contributed by atoms with Crippen LogP contribution in [0, 0.1) is 0 Å². The van der Waals surface area contributed by atoms with E-state index in [0.717, 1.165) is 5.56 Å². The van der Waals surface area contributed by atoms with Gasteiger partial charge in [-0.25, -0.2) is 0 Å². The maximum absolute atomic E-state index is 12.1. The van der Waals surface area contributed by atoms with Crippen LogP contribution in [-0.4, -0.2) is 35.0 Å². The molecule has 0 aromatic heterocycles. The molecule has 0 saturated heterocycles. The van der Waals surface area contributed by atoms with Crippen molar-refractivity contribution < 1.29 is 14.7 Å². The highest BCUT2D eigenvalue weighted by Gasteiger charge is 2.23. The summed E-state index contributed by atoms with van der Waals surface area (Å²) in [4.78, 5) is 24.1. The minimum absolute atomic E-state index is 0.115. The first-order chi connectivity index (χ1) is 9.32. The van der Waals surface area contributed by atoms with Crippen LogP contribution in [0.3, 0.4) is 0 Å². The Hall–Kier alpha value is -1.59. The molecule has 1 amide bonds. The zero-order valence-electron chi connectivity index (χ0n) is 11.5. The van der Waals surface area contributed by atoms with Gasteiger partial charge >= 0.3 is 5.97 Å². The number of amides is 1. The van der Waals surface area contributed by atoms with E-state index in [0.29, 0.717) is 5.02 Å². The molecule has 2 atom stereocenters. The van der Waals surface area contributed by atoms with Crippen LogP contribution in [0.15, 0.2) is 24.3 Å². The number of rotatable bonds is 6. The van der Waals surface area contributed by atoms with Gasteiger partial charge in [0.05, 0.1) is 12.1 Å². The molecule has 3 N–H and O–H groups in total. The van der Waals surface area contributed by atoms with Crippen LogP contribution in [0.25, 0.3) is 0 Å². The zero-order chi connectivity index (χ0) is 15.3. The SMILES string of the molecule is CC(c1ccc(Cl)cc1)N(C)C(=O)C(N)CCC(=O)O. The molecule has 0 radical (unpaired) electrons. The Morgan fingerprint density at radius 2 is 1.90 bits per heavy atom. The first-order valence-electron chi connectivity index (χ1n) is 6.32. The van der Waals surface area contributed by atoms with Crippen molar-refractivity contribution in [3.8, 4) is 0 Å². The second-order valence-corrected chi connectivity index (χ2v) is 5.15. The summed E-state index contributed by atoms with van der Waals surface area (Å²) in [5.74, 6) is -1.23. The lowest BCUT2D eigenvalue weighted by atomic mass is 10.1. The van der Waals surface area contributed by atoms with E-state index in [2.05, 4.69) is 0 Å². The number of benzene rings is 1. The van der Waals surface area contributed by atoms with Crippen LogP contribution in [0.1, 0.15) is 31.4 Å². The topological polar surface area (TPSA) is 83.6 Å². The van der Waals surface area contributed by atoms with Crippen LogP contribution in [0.4, 0.5) is 0 Å². The Morgan fingerprint density at radius 3 is 2.40 bits per heavy atom. The molecule has 0 bridgehead atoms. The number of carbonyl (C=O) groups excluding carboxylic acids is 1. The number of nitrogens with two attached hydrogens (primary N) is 1. The molecule has 1 aromatic rings. The van der Waals surface area contributed by atoms with Crippen LogP contribution < -0.4 is 5.73 Å². The van der Waals surface area contributed by atoms with Crippen LogP contribution >= 0.6 is 11.6 Å². The highest BCUT2D eigenvalue weighted by atomic mass is 35.5. The van der Waals surface area contributed by atoms with E-state index in [-0.39, 0.29) is 24.8 Å². The molecule has 1 aromatic carbocycles. The standard InChI is InChI=1S/C14H19ClN2O3/c1-9(10-3-5-11(15)6-4-10)17(2)14(20)12(16)7-8-13(18)19/h3-6,9,12H,7-8,16H2,1-2H3,(H,18,19). The van der Waals surface area contributed by atoms with Crippen molar-refractivity contribution in [3.63, 3.8) is 0 Å². The average molecular weight is 299 g/mol. The molecule has 5 nitrogen and oxygen atoms in total. The van der Waals surface area contributed by atoms with Gasteiger partial charge in [0.2, 0.25) is 5.91 Å². The van der Waals surface area contributed by atoms with Crippen LogP contribution in [0.2, 0.25) is 5.02 Å². The Morgan fingerprint density at radius 1 is 1.35 bits per heavy atom. The van der Waals surface area contributed by atoms with Gasteiger partial charge in [0, 0.05) is 18.5 Å². The van der Waals surface area contributed by atoms with Crippen molar-refractivity contribution in [1.29, 1.82) is 0 Å². The molecule has 20 heavy (non-hydrogen) atoms. The summed E-state index contributed by atoms with van der Waals surface area (Å²) in [5.41, 5.74) is 6.67. The number of carboxylic acid groups (broad SMARTS) is 1. The van der Waals surface area contributed by atoms with Gasteiger partial charge in [0.15, 0.2) is 0 Å². The largest absolute Gasteiger partial charge is 0.481 e. The highest BCUT2D eigenvalue weighted by molar-refractivity contribution is 6.30. The monoisotopic (exact) mass is 298 g/mol. The number of nitrogens with zero attached hydrogens (tertiary/aromatic N) is 1. The maximum Gasteiger partial charge on any atom is 0.303 e. The van der Waals surface area contributed by atoms with Crippen molar-refractivity contribution in [3.05, 3.63) is 34.9 Å². The van der Waals surface area contributed by atoms with Gasteiger partial charge in [-0.1, -0.05) is 23.7 Å². The third-order valence-corrected chi connectivity index (χ3v) is 3.52. The van der Waals surface area contributed by atoms with E-state index in [1.807, 2.05) is 19.1 Å². The minimum Gasteiger partial charge on any atom is -0.481 e. The Kier molecular flexibility index (Phi) is 5.98. The number of halogens is 1. The lowest BCUT2D eigenvalue weighted by molar-refractivity contribution is -0.137. The first-order valence-corrected chi connectivity index (χ1v) is 6.70. The molecule has 2 unspecified atom stereocenters. The molecular formula is C14H19ClN2O3. The summed E-state index contributed by atoms with van der Waals surface area (Å²) in [6.07, 6.45) is 0.0158. The maximum atomic E-state index is 12.1. The quantitative estimate of drug-likeness (QED) is 0.842. The normalized spacial score (nSPS) is 13.6. The highest BCUT2D eigenvalue weighted by Crippen LogP contribution is 2.21. The van der Waals surface area contributed by atoms with Crippen molar-refractivity contribution in [2.24, 2.45) is 5.73 Å². The molecule has 1 rings (SSSR count). The van der Waals surface area contributed by atoms with Crippen LogP contribution in [-0.2, 0) is 9.59 Å². The summed E-state index contributed by atoms with van der Waals surface area (Å²) < 4.78 is 0. The predicted octanol–water partition coefficient (Wildman–Crippen LogP) is 2.05. The second kappa shape index (κ2) is 7.26. The molecule has 0 aliphatic rings. The third-order valence-electron chi connectivity index (χ3n) is 3.27. The smallest absolute Gasteiger partial charge is 0.303 e. The Bertz CT molecular complexity index is 476. The molecule has 0 heterocycles. The van der Waals surface area contributed by atoms with Gasteiger partial charge in [0.25, 0.3) is 0 Å². The second-order valence-electron chi connectivity index (χ2n) is 4.72. The number of hydrogen-bond donors (Lipinski definition) is 2. The molecule has 0 fully saturated rings. The van der Waals surface area contributed by atoms with E-state index >= 15 is 0 Å². The number of carboxylic acids is 1. The number of hydrogen-bond acceptors (Lipinski definition) is 3. The fraction of sp³-hybridized carbons (Fsp3) is 0.429. The summed E-state index contributed by atoms with van der Waals surface area (Å²) in [6.45, 7) is 1.88. The lowest BCUT2D eigenvalue weighted by Gasteiger charge is -2.28. The summed E-state index contributed by atoms with van der Waals surface area (Å²) in [5, 5.41) is 9.24. The minimum atomic E-state index is -0.957. The van der Waals surface area contributed by atoms with E-state index in [1.54, 1.807) is 19.2 Å². The lowest BCUT2D eigenvalue weighted by Crippen LogP contribution is -2.43. The van der Waals surface area contributed by atoms with Gasteiger partial charge in [-0.15, -0.1) is 0 Å². The van der Waals surface area contributed by atoms with Crippen molar-refractivity contribution >= 4 is 23.5 Å². The van der Waals surface area contributed by atoms with E-state index in [1.165, 1.54) is 4.90 Å². The first kappa shape index (κ1) is 16.5. The fourth-order valence-corrected chi connectivity index (χ4v) is 1.95. The summed E-state index contributed by atoms with van der Waals surface area (Å²) in [7, 11) is 1.65. The van der Waals surface area contributed by atoms with Gasteiger partial charge in [0.1, 0.15) is 0 Å². The van der Waals surface area contributed by atoms with Gasteiger partial charge in [-0.05, 0) is 31.0 Å². The molecule has 0 saturated carbocycles. The zero-order valence-corrected chi connectivity index (χ0v) is 12.3. The Labute approximate surface area is 123 Å². The molecule has 0 spiro atoms. The molecule has 0 aliphatic heterocycles. The molecule has 0 aliphatic carbocycles. The van der Waals surface area contributed by atoms with Crippen molar-refractivity contribution in [2.45, 2.75) is 31.8 Å². The number of aliphatic carboxylic acids is 1. The van der Waals surface area contributed by atoms with E-state index < -0.39 is 12.0 Å². The van der Waals surface area contributed by atoms with Gasteiger partial charge in [-0.3, -0.25) is 9.59 Å². The molecular weight excluding hydrogens is 280 g/mol.